The van der Waals surface area contributed by atoms with Crippen LogP contribution >= 0.6 is 0 Å². The summed E-state index contributed by atoms with van der Waals surface area (Å²) in [6, 6.07) is 12.0. The predicted octanol–water partition coefficient (Wildman–Crippen LogP) is 1.69. The van der Waals surface area contributed by atoms with Gasteiger partial charge in [-0.2, -0.15) is 0 Å². The first-order chi connectivity index (χ1) is 14.2. The van der Waals surface area contributed by atoms with Crippen molar-refractivity contribution >= 4 is 33.4 Å². The van der Waals surface area contributed by atoms with Gasteiger partial charge in [-0.05, 0) is 50.2 Å². The topological polar surface area (TPSA) is 123 Å². The monoisotopic (exact) mass is 431 g/mol. The van der Waals surface area contributed by atoms with Gasteiger partial charge in [0.1, 0.15) is 17.6 Å². The van der Waals surface area contributed by atoms with Crippen molar-refractivity contribution in [2.75, 3.05) is 12.4 Å². The lowest BCUT2D eigenvalue weighted by molar-refractivity contribution is -0.153. The lowest BCUT2D eigenvalue weighted by Gasteiger charge is -2.15. The van der Waals surface area contributed by atoms with Gasteiger partial charge in [-0.15, -0.1) is 0 Å². The molecule has 30 heavy (non-hydrogen) atoms. The molecule has 2 aromatic rings. The Morgan fingerprint density at radius 1 is 1.07 bits per heavy atom. The Kier molecular flexibility index (Phi) is 6.06. The van der Waals surface area contributed by atoms with Crippen molar-refractivity contribution in [1.29, 1.82) is 0 Å². The zero-order chi connectivity index (χ0) is 21.9. The SMILES string of the molecule is COc1ccc(NC(=O)C(C)OC(=O)[C@H](C)N=C2NS(=O)(=O)c3ccccc32)cc1. The van der Waals surface area contributed by atoms with Gasteiger partial charge in [0, 0.05) is 11.3 Å². The van der Waals surface area contributed by atoms with E-state index in [-0.39, 0.29) is 10.7 Å². The van der Waals surface area contributed by atoms with Gasteiger partial charge in [-0.1, -0.05) is 12.1 Å². The highest BCUT2D eigenvalue weighted by molar-refractivity contribution is 7.90. The second-order valence-corrected chi connectivity index (χ2v) is 8.20. The standard InChI is InChI=1S/C20H21N3O6S/c1-12(21-18-16-6-4-5-7-17(16)30(26,27)23-18)20(25)29-13(2)19(24)22-14-8-10-15(28-3)11-9-14/h4-13H,1-3H3,(H,21,23)(H,22,24)/t12-,13?/m0/s1. The molecule has 0 saturated heterocycles. The van der Waals surface area contributed by atoms with Crippen LogP contribution in [0, 0.1) is 0 Å². The highest BCUT2D eigenvalue weighted by atomic mass is 32.2. The summed E-state index contributed by atoms with van der Waals surface area (Å²) in [6.45, 7) is 2.89. The number of ether oxygens (including phenoxy) is 2. The Bertz CT molecular complexity index is 1100. The fourth-order valence-electron chi connectivity index (χ4n) is 2.72. The highest BCUT2D eigenvalue weighted by Crippen LogP contribution is 2.22. The minimum Gasteiger partial charge on any atom is -0.497 e. The van der Waals surface area contributed by atoms with Crippen LogP contribution in [0.4, 0.5) is 5.69 Å². The van der Waals surface area contributed by atoms with E-state index in [0.29, 0.717) is 17.0 Å². The van der Waals surface area contributed by atoms with E-state index in [4.69, 9.17) is 9.47 Å². The van der Waals surface area contributed by atoms with Crippen molar-refractivity contribution in [2.45, 2.75) is 30.9 Å². The Morgan fingerprint density at radius 3 is 2.40 bits per heavy atom. The minimum atomic E-state index is -3.71. The van der Waals surface area contributed by atoms with E-state index in [1.165, 1.54) is 27.0 Å². The summed E-state index contributed by atoms with van der Waals surface area (Å²) >= 11 is 0. The number of hydrogen-bond donors (Lipinski definition) is 2. The Balaban J connectivity index is 1.64. The van der Waals surface area contributed by atoms with E-state index in [1.54, 1.807) is 42.5 Å². The van der Waals surface area contributed by atoms with Gasteiger partial charge in [0.25, 0.3) is 15.9 Å². The number of carbonyl (C=O) groups excluding carboxylic acids is 2. The number of fused-ring (bicyclic) bond motifs is 1. The van der Waals surface area contributed by atoms with Crippen LogP contribution in [-0.2, 0) is 24.3 Å². The maximum absolute atomic E-state index is 12.4. The maximum atomic E-state index is 12.4. The normalized spacial score (nSPS) is 17.4. The van der Waals surface area contributed by atoms with Gasteiger partial charge < -0.3 is 14.8 Å². The predicted molar refractivity (Wildman–Crippen MR) is 110 cm³/mol. The molecule has 2 N–H and O–H groups in total. The van der Waals surface area contributed by atoms with Gasteiger partial charge in [0.2, 0.25) is 0 Å². The molecule has 2 aromatic carbocycles. The molecule has 1 amide bonds. The number of nitrogens with one attached hydrogen (secondary N) is 2. The average Bonchev–Trinajstić information content (AvgIpc) is 2.98. The molecule has 1 aliphatic rings. The molecule has 0 aliphatic carbocycles. The molecule has 1 heterocycles. The quantitative estimate of drug-likeness (QED) is 0.671. The number of nitrogens with zero attached hydrogens (tertiary/aromatic N) is 1. The van der Waals surface area contributed by atoms with Crippen LogP contribution in [0.5, 0.6) is 5.75 Å². The molecule has 0 aromatic heterocycles. The van der Waals surface area contributed by atoms with E-state index in [0.717, 1.165) is 0 Å². The van der Waals surface area contributed by atoms with Crippen LogP contribution in [0.15, 0.2) is 58.4 Å². The number of methoxy groups -OCH3 is 1. The van der Waals surface area contributed by atoms with E-state index in [9.17, 15) is 18.0 Å². The van der Waals surface area contributed by atoms with Crippen molar-refractivity contribution < 1.29 is 27.5 Å². The van der Waals surface area contributed by atoms with Gasteiger partial charge >= 0.3 is 5.97 Å². The van der Waals surface area contributed by atoms with Crippen molar-refractivity contribution in [3.63, 3.8) is 0 Å². The summed E-state index contributed by atoms with van der Waals surface area (Å²) < 4.78 is 36.8. The fraction of sp³-hybridized carbons (Fsp3) is 0.250. The molecule has 0 spiro atoms. The second-order valence-electron chi connectivity index (χ2n) is 6.55. The van der Waals surface area contributed by atoms with Crippen LogP contribution in [0.3, 0.4) is 0 Å². The third-order valence-electron chi connectivity index (χ3n) is 4.35. The molecule has 3 rings (SSSR count). The van der Waals surface area contributed by atoms with Gasteiger partial charge in [-0.3, -0.25) is 14.5 Å². The number of hydrogen-bond acceptors (Lipinski definition) is 7. The first-order valence-corrected chi connectivity index (χ1v) is 10.5. The van der Waals surface area contributed by atoms with Crippen LogP contribution < -0.4 is 14.8 Å². The molecule has 0 saturated carbocycles. The number of rotatable bonds is 6. The molecule has 0 bridgehead atoms. The summed E-state index contributed by atoms with van der Waals surface area (Å²) in [4.78, 5) is 28.9. The molecule has 2 atom stereocenters. The fourth-order valence-corrected chi connectivity index (χ4v) is 3.96. The number of aliphatic imine (C=N–C) groups is 1. The smallest absolute Gasteiger partial charge is 0.331 e. The van der Waals surface area contributed by atoms with Crippen molar-refractivity contribution in [3.05, 3.63) is 54.1 Å². The van der Waals surface area contributed by atoms with Crippen LogP contribution in [0.2, 0.25) is 0 Å². The molecule has 9 nitrogen and oxygen atoms in total. The minimum absolute atomic E-state index is 0.0605. The Morgan fingerprint density at radius 2 is 1.73 bits per heavy atom. The first kappa shape index (κ1) is 21.3. The summed E-state index contributed by atoms with van der Waals surface area (Å²) in [5.41, 5.74) is 0.899. The molecule has 10 heteroatoms. The van der Waals surface area contributed by atoms with Gasteiger partial charge in [-0.25, -0.2) is 13.2 Å². The van der Waals surface area contributed by atoms with Crippen LogP contribution in [0.25, 0.3) is 0 Å². The van der Waals surface area contributed by atoms with E-state index < -0.39 is 34.0 Å². The summed E-state index contributed by atoms with van der Waals surface area (Å²) in [5.74, 6) is -0.571. The molecule has 1 aliphatic heterocycles. The number of benzene rings is 2. The lowest BCUT2D eigenvalue weighted by Crippen LogP contribution is -2.33. The first-order valence-electron chi connectivity index (χ1n) is 9.06. The van der Waals surface area contributed by atoms with Gasteiger partial charge in [0.05, 0.1) is 12.0 Å². The summed E-state index contributed by atoms with van der Waals surface area (Å²) in [7, 11) is -2.17. The number of sulfonamides is 1. The number of anilines is 1. The number of carbonyl (C=O) groups is 2. The average molecular weight is 431 g/mol. The van der Waals surface area contributed by atoms with Gasteiger partial charge in [0.15, 0.2) is 6.10 Å². The molecule has 1 unspecified atom stereocenters. The van der Waals surface area contributed by atoms with Crippen LogP contribution in [0.1, 0.15) is 19.4 Å². The largest absolute Gasteiger partial charge is 0.497 e. The summed E-state index contributed by atoms with van der Waals surface area (Å²) in [5, 5.41) is 2.63. The Hall–Kier alpha value is -3.40. The zero-order valence-corrected chi connectivity index (χ0v) is 17.4. The molecule has 0 fully saturated rings. The summed E-state index contributed by atoms with van der Waals surface area (Å²) in [6.07, 6.45) is -1.07. The molecular formula is C20H21N3O6S. The second kappa shape index (κ2) is 8.54. The third-order valence-corrected chi connectivity index (χ3v) is 5.74. The number of amides is 1. The zero-order valence-electron chi connectivity index (χ0n) is 16.6. The number of amidine groups is 1. The highest BCUT2D eigenvalue weighted by Gasteiger charge is 2.31. The van der Waals surface area contributed by atoms with E-state index in [2.05, 4.69) is 15.0 Å². The van der Waals surface area contributed by atoms with E-state index in [1.807, 2.05) is 0 Å². The molecule has 158 valence electrons. The number of esters is 1. The lowest BCUT2D eigenvalue weighted by atomic mass is 10.2. The third kappa shape index (κ3) is 4.60. The maximum Gasteiger partial charge on any atom is 0.331 e. The molecule has 0 radical (unpaired) electrons. The van der Waals surface area contributed by atoms with Crippen molar-refractivity contribution in [3.8, 4) is 5.75 Å². The molecular weight excluding hydrogens is 410 g/mol. The van der Waals surface area contributed by atoms with Crippen LogP contribution in [-0.4, -0.2) is 45.4 Å². The van der Waals surface area contributed by atoms with E-state index >= 15 is 0 Å². The Labute approximate surface area is 174 Å². The van der Waals surface area contributed by atoms with Crippen molar-refractivity contribution in [2.24, 2.45) is 4.99 Å². The van der Waals surface area contributed by atoms with Crippen molar-refractivity contribution in [1.82, 2.24) is 4.72 Å².